The highest BCUT2D eigenvalue weighted by molar-refractivity contribution is 7.17. The molecular weight excluding hydrogens is 350 g/mol. The van der Waals surface area contributed by atoms with Gasteiger partial charge in [-0.05, 0) is 24.1 Å². The fourth-order valence-corrected chi connectivity index (χ4v) is 4.47. The van der Waals surface area contributed by atoms with Crippen molar-refractivity contribution >= 4 is 33.3 Å². The van der Waals surface area contributed by atoms with Crippen LogP contribution < -0.4 is 0 Å². The Kier molecular flexibility index (Phi) is 3.92. The van der Waals surface area contributed by atoms with Crippen molar-refractivity contribution in [2.75, 3.05) is 6.54 Å². The lowest BCUT2D eigenvalue weighted by atomic mass is 9.78. The van der Waals surface area contributed by atoms with Gasteiger partial charge in [0.1, 0.15) is 11.3 Å². The van der Waals surface area contributed by atoms with Crippen molar-refractivity contribution in [3.05, 3.63) is 65.0 Å². The molecule has 1 fully saturated rings. The molecule has 6 heteroatoms. The van der Waals surface area contributed by atoms with E-state index < -0.39 is 11.5 Å². The highest BCUT2D eigenvalue weighted by atomic mass is 32.1. The van der Waals surface area contributed by atoms with Crippen molar-refractivity contribution in [1.29, 1.82) is 0 Å². The summed E-state index contributed by atoms with van der Waals surface area (Å²) in [5, 5.41) is 22.6. The van der Waals surface area contributed by atoms with Crippen LogP contribution in [-0.4, -0.2) is 39.1 Å². The number of hydrogen-bond donors (Lipinski definition) is 2. The average molecular weight is 367 g/mol. The Labute approximate surface area is 154 Å². The molecule has 0 radical (unpaired) electrons. The maximum atomic E-state index is 13.1. The molecule has 2 N–H and O–H groups in total. The van der Waals surface area contributed by atoms with Crippen molar-refractivity contribution in [3.8, 4) is 5.75 Å². The topological polar surface area (TPSA) is 77.8 Å². The summed E-state index contributed by atoms with van der Waals surface area (Å²) in [7, 11) is 0. The maximum absolute atomic E-state index is 13.1. The van der Waals surface area contributed by atoms with Crippen molar-refractivity contribution in [2.24, 2.45) is 0 Å². The second-order valence-electron chi connectivity index (χ2n) is 6.49. The van der Waals surface area contributed by atoms with Gasteiger partial charge in [0.2, 0.25) is 0 Å². The highest BCUT2D eigenvalue weighted by Crippen LogP contribution is 2.39. The molecule has 1 aromatic heterocycles. The van der Waals surface area contributed by atoms with Crippen molar-refractivity contribution in [1.82, 2.24) is 4.90 Å². The van der Waals surface area contributed by atoms with Crippen LogP contribution in [0.2, 0.25) is 0 Å². The molecule has 1 unspecified atom stereocenters. The van der Waals surface area contributed by atoms with E-state index in [0.717, 1.165) is 10.1 Å². The number of fused-ring (bicyclic) bond motifs is 1. The first-order valence-electron chi connectivity index (χ1n) is 8.31. The third kappa shape index (κ3) is 2.45. The lowest BCUT2D eigenvalue weighted by Gasteiger charge is -2.49. The fourth-order valence-electron chi connectivity index (χ4n) is 3.54. The third-order valence-electron chi connectivity index (χ3n) is 5.09. The molecule has 132 valence electrons. The summed E-state index contributed by atoms with van der Waals surface area (Å²) in [6.45, 7) is 0.392. The number of hydrogen-bond acceptors (Lipinski definition) is 4. The van der Waals surface area contributed by atoms with Gasteiger partial charge in [0.25, 0.3) is 5.91 Å². The summed E-state index contributed by atoms with van der Waals surface area (Å²) in [5.74, 6) is -1.26. The summed E-state index contributed by atoms with van der Waals surface area (Å²) in [6.07, 6.45) is 0.452. The molecule has 0 saturated carbocycles. The monoisotopic (exact) mass is 367 g/mol. The zero-order valence-electron chi connectivity index (χ0n) is 13.9. The van der Waals surface area contributed by atoms with Gasteiger partial charge in [-0.15, -0.1) is 11.3 Å². The summed E-state index contributed by atoms with van der Waals surface area (Å²) in [6, 6.07) is 14.3. The molecular formula is C20H17NO4S. The Morgan fingerprint density at radius 1 is 1.12 bits per heavy atom. The lowest BCUT2D eigenvalue weighted by Crippen LogP contribution is -2.67. The van der Waals surface area contributed by atoms with E-state index in [1.807, 2.05) is 24.3 Å². The van der Waals surface area contributed by atoms with E-state index in [4.69, 9.17) is 0 Å². The number of phenols is 1. The van der Waals surface area contributed by atoms with E-state index >= 15 is 0 Å². The number of amides is 1. The van der Waals surface area contributed by atoms with Gasteiger partial charge in [-0.1, -0.05) is 36.4 Å². The number of likely N-dealkylation sites (tertiary alicyclic amines) is 1. The molecule has 1 saturated heterocycles. The van der Waals surface area contributed by atoms with Gasteiger partial charge in [0.05, 0.1) is 5.56 Å². The predicted octanol–water partition coefficient (Wildman–Crippen LogP) is 3.52. The van der Waals surface area contributed by atoms with E-state index in [1.165, 1.54) is 22.3 Å². The number of carbonyl (C=O) groups excluding carboxylic acids is 1. The minimum absolute atomic E-state index is 0.0495. The maximum Gasteiger partial charge on any atom is 0.330 e. The van der Waals surface area contributed by atoms with Crippen molar-refractivity contribution in [3.63, 3.8) is 0 Å². The quantitative estimate of drug-likeness (QED) is 0.740. The molecule has 0 spiro atoms. The molecule has 1 atom stereocenters. The number of thiophene rings is 1. The Morgan fingerprint density at radius 2 is 1.85 bits per heavy atom. The Balaban J connectivity index is 1.70. The van der Waals surface area contributed by atoms with Crippen LogP contribution in [0.15, 0.2) is 53.9 Å². The zero-order valence-corrected chi connectivity index (χ0v) is 14.7. The standard InChI is InChI=1S/C20H17NO4S/c22-16-7-3-1-5-13(16)11-20(19(24)25)9-10-21(20)18(23)15-12-26-17-8-4-2-6-14(15)17/h1-8,12,22H,9-11H2,(H,24,25). The number of carboxylic acids is 1. The molecule has 4 rings (SSSR count). The molecule has 2 aromatic carbocycles. The van der Waals surface area contributed by atoms with E-state index in [9.17, 15) is 19.8 Å². The lowest BCUT2D eigenvalue weighted by molar-refractivity contribution is -0.157. The van der Waals surface area contributed by atoms with Gasteiger partial charge < -0.3 is 15.1 Å². The average Bonchev–Trinajstić information content (AvgIpc) is 3.04. The molecule has 3 aromatic rings. The largest absolute Gasteiger partial charge is 0.508 e. The highest BCUT2D eigenvalue weighted by Gasteiger charge is 2.54. The number of aromatic hydroxyl groups is 1. The van der Waals surface area contributed by atoms with Crippen LogP contribution in [0.25, 0.3) is 10.1 Å². The predicted molar refractivity (Wildman–Crippen MR) is 99.7 cm³/mol. The van der Waals surface area contributed by atoms with Crippen LogP contribution in [0.4, 0.5) is 0 Å². The van der Waals surface area contributed by atoms with E-state index in [0.29, 0.717) is 24.1 Å². The number of benzene rings is 2. The van der Waals surface area contributed by atoms with Crippen LogP contribution in [0.5, 0.6) is 5.75 Å². The molecule has 2 heterocycles. The summed E-state index contributed by atoms with van der Waals surface area (Å²) < 4.78 is 0.998. The number of rotatable bonds is 4. The fraction of sp³-hybridized carbons (Fsp3) is 0.200. The molecule has 0 bridgehead atoms. The third-order valence-corrected chi connectivity index (χ3v) is 6.06. The van der Waals surface area contributed by atoms with Gasteiger partial charge in [0, 0.05) is 28.4 Å². The zero-order chi connectivity index (χ0) is 18.3. The van der Waals surface area contributed by atoms with Gasteiger partial charge in [0.15, 0.2) is 0 Å². The summed E-state index contributed by atoms with van der Waals surface area (Å²) in [4.78, 5) is 26.6. The number of carboxylic acid groups (broad SMARTS) is 1. The van der Waals surface area contributed by atoms with Crippen molar-refractivity contribution < 1.29 is 19.8 Å². The summed E-state index contributed by atoms with van der Waals surface area (Å²) in [5.41, 5.74) is -0.255. The van der Waals surface area contributed by atoms with E-state index in [2.05, 4.69) is 0 Å². The molecule has 1 amide bonds. The Bertz CT molecular complexity index is 1010. The first-order chi connectivity index (χ1) is 12.5. The Morgan fingerprint density at radius 3 is 2.54 bits per heavy atom. The smallest absolute Gasteiger partial charge is 0.330 e. The number of carbonyl (C=O) groups is 2. The second kappa shape index (κ2) is 6.14. The van der Waals surface area contributed by atoms with Crippen LogP contribution >= 0.6 is 11.3 Å². The number of phenolic OH excluding ortho intramolecular Hbond substituents is 1. The van der Waals surface area contributed by atoms with Crippen LogP contribution in [0.3, 0.4) is 0 Å². The first-order valence-corrected chi connectivity index (χ1v) is 9.19. The molecule has 26 heavy (non-hydrogen) atoms. The number of para-hydroxylation sites is 1. The second-order valence-corrected chi connectivity index (χ2v) is 7.41. The van der Waals surface area contributed by atoms with E-state index in [-0.39, 0.29) is 18.1 Å². The number of aliphatic carboxylic acids is 1. The van der Waals surface area contributed by atoms with E-state index in [1.54, 1.807) is 23.6 Å². The van der Waals surface area contributed by atoms with Gasteiger partial charge in [-0.2, -0.15) is 0 Å². The minimum Gasteiger partial charge on any atom is -0.508 e. The number of nitrogens with zero attached hydrogens (tertiary/aromatic N) is 1. The first kappa shape index (κ1) is 16.6. The van der Waals surface area contributed by atoms with Crippen molar-refractivity contribution in [2.45, 2.75) is 18.4 Å². The van der Waals surface area contributed by atoms with Gasteiger partial charge in [-0.3, -0.25) is 4.79 Å². The molecule has 5 nitrogen and oxygen atoms in total. The molecule has 0 aliphatic carbocycles. The molecule has 1 aliphatic heterocycles. The minimum atomic E-state index is -1.32. The molecule has 1 aliphatic rings. The summed E-state index contributed by atoms with van der Waals surface area (Å²) >= 11 is 1.47. The normalized spacial score (nSPS) is 19.3. The van der Waals surface area contributed by atoms with Crippen LogP contribution in [-0.2, 0) is 11.2 Å². The van der Waals surface area contributed by atoms with Crippen LogP contribution in [0.1, 0.15) is 22.3 Å². The SMILES string of the molecule is O=C(c1csc2ccccc12)N1CCC1(Cc1ccccc1O)C(=O)O. The van der Waals surface area contributed by atoms with Gasteiger partial charge in [-0.25, -0.2) is 4.79 Å². The van der Waals surface area contributed by atoms with Crippen LogP contribution in [0, 0.1) is 0 Å². The Hall–Kier alpha value is -2.86. The van der Waals surface area contributed by atoms with Gasteiger partial charge >= 0.3 is 5.97 Å².